The molecule has 2 aliphatic rings. The summed E-state index contributed by atoms with van der Waals surface area (Å²) in [6.45, 7) is 6.06. The van der Waals surface area contributed by atoms with Gasteiger partial charge in [-0.05, 0) is 56.2 Å². The summed E-state index contributed by atoms with van der Waals surface area (Å²) in [6, 6.07) is 9.60. The lowest BCUT2D eigenvalue weighted by Crippen LogP contribution is -2.65. The number of nitrogens with one attached hydrogen (secondary N) is 1. The number of ether oxygens (including phenoxy) is 2. The number of carbonyl (C=O) groups is 1. The van der Waals surface area contributed by atoms with Crippen LogP contribution in [0.15, 0.2) is 34.8 Å². The lowest BCUT2D eigenvalue weighted by molar-refractivity contribution is 0.0349. The van der Waals surface area contributed by atoms with E-state index in [0.717, 1.165) is 21.3 Å². The minimum Gasteiger partial charge on any atom is -0.493 e. The molecule has 136 valence electrons. The monoisotopic (exact) mass is 416 g/mol. The molecule has 0 spiro atoms. The summed E-state index contributed by atoms with van der Waals surface area (Å²) in [5.74, 6) is 1.34. The summed E-state index contributed by atoms with van der Waals surface area (Å²) in [4.78, 5) is 14.7. The molecule has 6 heteroatoms. The van der Waals surface area contributed by atoms with Gasteiger partial charge in [0.25, 0.3) is 0 Å². The number of hydrogen-bond donors (Lipinski definition) is 1. The molecule has 2 aromatic rings. The van der Waals surface area contributed by atoms with Gasteiger partial charge in [0, 0.05) is 22.1 Å². The Labute approximate surface area is 161 Å². The van der Waals surface area contributed by atoms with Gasteiger partial charge in [-0.25, -0.2) is 4.79 Å². The van der Waals surface area contributed by atoms with Crippen molar-refractivity contribution in [2.75, 3.05) is 12.0 Å². The maximum atomic E-state index is 13.0. The number of benzene rings is 2. The van der Waals surface area contributed by atoms with E-state index in [1.54, 1.807) is 12.0 Å². The van der Waals surface area contributed by atoms with Crippen LogP contribution in [0.4, 0.5) is 10.5 Å². The van der Waals surface area contributed by atoms with Gasteiger partial charge < -0.3 is 14.8 Å². The molecule has 1 saturated heterocycles. The second-order valence-electron chi connectivity index (χ2n) is 7.11. The number of amides is 2. The van der Waals surface area contributed by atoms with Crippen molar-refractivity contribution in [2.24, 2.45) is 0 Å². The molecule has 0 unspecified atom stereocenters. The van der Waals surface area contributed by atoms with Crippen LogP contribution in [0, 0.1) is 13.8 Å². The topological polar surface area (TPSA) is 50.8 Å². The summed E-state index contributed by atoms with van der Waals surface area (Å²) < 4.78 is 12.8. The van der Waals surface area contributed by atoms with E-state index in [4.69, 9.17) is 9.47 Å². The fraction of sp³-hybridized carbons (Fsp3) is 0.350. The summed E-state index contributed by atoms with van der Waals surface area (Å²) >= 11 is 3.51. The third-order valence-corrected chi connectivity index (χ3v) is 5.73. The van der Waals surface area contributed by atoms with Crippen LogP contribution in [0.3, 0.4) is 0 Å². The number of anilines is 1. The van der Waals surface area contributed by atoms with E-state index < -0.39 is 5.72 Å². The van der Waals surface area contributed by atoms with Gasteiger partial charge in [0.15, 0.2) is 17.2 Å². The summed E-state index contributed by atoms with van der Waals surface area (Å²) in [7, 11) is 1.62. The van der Waals surface area contributed by atoms with Crippen molar-refractivity contribution in [3.63, 3.8) is 0 Å². The Morgan fingerprint density at radius 2 is 2.04 bits per heavy atom. The number of methoxy groups -OCH3 is 1. The number of aryl methyl sites for hydroxylation is 2. The van der Waals surface area contributed by atoms with E-state index in [1.807, 2.05) is 44.2 Å². The molecule has 2 amide bonds. The second-order valence-corrected chi connectivity index (χ2v) is 8.03. The molecule has 4 rings (SSSR count). The fourth-order valence-electron chi connectivity index (χ4n) is 3.81. The molecule has 2 atom stereocenters. The van der Waals surface area contributed by atoms with Crippen molar-refractivity contribution in [1.82, 2.24) is 5.32 Å². The highest BCUT2D eigenvalue weighted by molar-refractivity contribution is 9.10. The SMILES string of the molecule is COc1cc(Br)cc2c1O[C@]1(C)C[C@H]2NC(=O)N1c1ccc(C)c(C)c1. The zero-order valence-corrected chi connectivity index (χ0v) is 16.8. The Balaban J connectivity index is 1.83. The maximum absolute atomic E-state index is 13.0. The number of nitrogens with zero attached hydrogens (tertiary/aromatic N) is 1. The van der Waals surface area contributed by atoms with Crippen molar-refractivity contribution < 1.29 is 14.3 Å². The maximum Gasteiger partial charge on any atom is 0.325 e. The van der Waals surface area contributed by atoms with Crippen molar-refractivity contribution in [3.8, 4) is 11.5 Å². The average Bonchev–Trinajstić information content (AvgIpc) is 2.57. The van der Waals surface area contributed by atoms with Gasteiger partial charge in [-0.3, -0.25) is 4.90 Å². The van der Waals surface area contributed by atoms with Crippen molar-refractivity contribution in [2.45, 2.75) is 39.0 Å². The molecule has 0 aromatic heterocycles. The van der Waals surface area contributed by atoms with E-state index in [2.05, 4.69) is 28.2 Å². The largest absolute Gasteiger partial charge is 0.493 e. The van der Waals surface area contributed by atoms with E-state index in [0.29, 0.717) is 17.9 Å². The number of carbonyl (C=O) groups excluding carboxylic acids is 1. The standard InChI is InChI=1S/C20H21BrN2O3/c1-11-5-6-14(7-12(11)2)23-19(24)22-16-10-20(23,3)26-18-15(16)8-13(21)9-17(18)25-4/h5-9,16H,10H2,1-4H3,(H,22,24)/t16-,20-/m1/s1. The predicted molar refractivity (Wildman–Crippen MR) is 104 cm³/mol. The second kappa shape index (κ2) is 5.91. The van der Waals surface area contributed by atoms with Crippen molar-refractivity contribution in [3.05, 3.63) is 51.5 Å². The zero-order valence-electron chi connectivity index (χ0n) is 15.2. The van der Waals surface area contributed by atoms with E-state index in [9.17, 15) is 4.79 Å². The highest BCUT2D eigenvalue weighted by Gasteiger charge is 2.50. The van der Waals surface area contributed by atoms with Crippen LogP contribution in [-0.4, -0.2) is 18.9 Å². The molecular weight excluding hydrogens is 396 g/mol. The first kappa shape index (κ1) is 17.2. The van der Waals surface area contributed by atoms with Gasteiger partial charge >= 0.3 is 6.03 Å². The smallest absolute Gasteiger partial charge is 0.325 e. The Bertz CT molecular complexity index is 914. The Morgan fingerprint density at radius 3 is 2.73 bits per heavy atom. The predicted octanol–water partition coefficient (Wildman–Crippen LogP) is 4.84. The molecule has 0 radical (unpaired) electrons. The van der Waals surface area contributed by atoms with Crippen molar-refractivity contribution >= 4 is 27.6 Å². The number of rotatable bonds is 2. The van der Waals surface area contributed by atoms with Crippen LogP contribution in [0.25, 0.3) is 0 Å². The van der Waals surface area contributed by atoms with E-state index >= 15 is 0 Å². The first-order valence-electron chi connectivity index (χ1n) is 8.57. The molecular formula is C20H21BrN2O3. The molecule has 1 N–H and O–H groups in total. The molecule has 0 aliphatic carbocycles. The first-order chi connectivity index (χ1) is 12.3. The fourth-order valence-corrected chi connectivity index (χ4v) is 4.26. The minimum absolute atomic E-state index is 0.120. The molecule has 2 aromatic carbocycles. The highest BCUT2D eigenvalue weighted by Crippen LogP contribution is 2.50. The molecule has 2 heterocycles. The molecule has 5 nitrogen and oxygen atoms in total. The molecule has 0 saturated carbocycles. The summed E-state index contributed by atoms with van der Waals surface area (Å²) in [6.07, 6.45) is 0.651. The number of halogens is 1. The van der Waals surface area contributed by atoms with E-state index in [1.165, 1.54) is 5.56 Å². The van der Waals surface area contributed by atoms with Crippen LogP contribution >= 0.6 is 15.9 Å². The van der Waals surface area contributed by atoms with Gasteiger partial charge in [-0.1, -0.05) is 22.0 Å². The Kier molecular flexibility index (Phi) is 3.91. The van der Waals surface area contributed by atoms with Crippen LogP contribution in [-0.2, 0) is 0 Å². The summed E-state index contributed by atoms with van der Waals surface area (Å²) in [5.41, 5.74) is 3.30. The molecule has 2 bridgehead atoms. The number of urea groups is 1. The van der Waals surface area contributed by atoms with Crippen LogP contribution in [0.5, 0.6) is 11.5 Å². The van der Waals surface area contributed by atoms with Crippen LogP contribution < -0.4 is 19.7 Å². The van der Waals surface area contributed by atoms with Gasteiger partial charge in [0.05, 0.1) is 13.2 Å². The minimum atomic E-state index is -0.789. The van der Waals surface area contributed by atoms with Crippen LogP contribution in [0.1, 0.15) is 36.1 Å². The molecule has 26 heavy (non-hydrogen) atoms. The van der Waals surface area contributed by atoms with E-state index in [-0.39, 0.29) is 12.1 Å². The third-order valence-electron chi connectivity index (χ3n) is 5.27. The van der Waals surface area contributed by atoms with Gasteiger partial charge in [-0.15, -0.1) is 0 Å². The summed E-state index contributed by atoms with van der Waals surface area (Å²) in [5, 5.41) is 3.12. The normalized spacial score (nSPS) is 23.8. The van der Waals surface area contributed by atoms with Gasteiger partial charge in [-0.2, -0.15) is 0 Å². The Morgan fingerprint density at radius 1 is 1.27 bits per heavy atom. The van der Waals surface area contributed by atoms with Crippen LogP contribution in [0.2, 0.25) is 0 Å². The quantitative estimate of drug-likeness (QED) is 0.761. The number of fused-ring (bicyclic) bond motifs is 4. The lowest BCUT2D eigenvalue weighted by atomic mass is 9.89. The van der Waals surface area contributed by atoms with Gasteiger partial charge in [0.1, 0.15) is 0 Å². The lowest BCUT2D eigenvalue weighted by Gasteiger charge is -2.50. The molecule has 2 aliphatic heterocycles. The first-order valence-corrected chi connectivity index (χ1v) is 9.36. The average molecular weight is 417 g/mol. The number of hydrogen-bond acceptors (Lipinski definition) is 3. The molecule has 1 fully saturated rings. The zero-order chi connectivity index (χ0) is 18.6. The Hall–Kier alpha value is -2.21. The van der Waals surface area contributed by atoms with Gasteiger partial charge in [0.2, 0.25) is 0 Å². The highest BCUT2D eigenvalue weighted by atomic mass is 79.9. The third kappa shape index (κ3) is 2.55. The van der Waals surface area contributed by atoms with Crippen molar-refractivity contribution in [1.29, 1.82) is 0 Å².